The van der Waals surface area contributed by atoms with E-state index >= 15 is 0 Å². The van der Waals surface area contributed by atoms with E-state index in [4.69, 9.17) is 4.74 Å². The molecule has 112 valence electrons. The summed E-state index contributed by atoms with van der Waals surface area (Å²) in [4.78, 5) is 4.50. The smallest absolute Gasteiger partial charge is 0.224 e. The van der Waals surface area contributed by atoms with Gasteiger partial charge < -0.3 is 9.30 Å². The van der Waals surface area contributed by atoms with Crippen LogP contribution in [0.25, 0.3) is 11.0 Å². The van der Waals surface area contributed by atoms with Gasteiger partial charge in [-0.2, -0.15) is 5.10 Å². The van der Waals surface area contributed by atoms with Gasteiger partial charge in [0.15, 0.2) is 0 Å². The minimum Gasteiger partial charge on any atom is -0.494 e. The molecule has 0 aliphatic heterocycles. The molecule has 22 heavy (non-hydrogen) atoms. The van der Waals surface area contributed by atoms with Gasteiger partial charge in [0.25, 0.3) is 0 Å². The van der Waals surface area contributed by atoms with Gasteiger partial charge >= 0.3 is 0 Å². The maximum absolute atomic E-state index is 5.41. The number of hydrogen-bond donors (Lipinski definition) is 1. The summed E-state index contributed by atoms with van der Waals surface area (Å²) >= 11 is 0. The molecule has 2 aromatic carbocycles. The Morgan fingerprint density at radius 1 is 1.18 bits per heavy atom. The van der Waals surface area contributed by atoms with Crippen molar-refractivity contribution in [1.29, 1.82) is 0 Å². The van der Waals surface area contributed by atoms with Crippen LogP contribution >= 0.6 is 0 Å². The third-order valence-electron chi connectivity index (χ3n) is 3.36. The number of aryl methyl sites for hydroxylation is 1. The van der Waals surface area contributed by atoms with E-state index in [9.17, 15) is 0 Å². The summed E-state index contributed by atoms with van der Waals surface area (Å²) in [6.45, 7) is 2.64. The molecule has 0 radical (unpaired) electrons. The van der Waals surface area contributed by atoms with Crippen LogP contribution in [0.1, 0.15) is 12.5 Å². The Balaban J connectivity index is 1.71. The zero-order valence-electron chi connectivity index (χ0n) is 12.7. The van der Waals surface area contributed by atoms with Crippen molar-refractivity contribution in [1.82, 2.24) is 9.55 Å². The van der Waals surface area contributed by atoms with Crippen LogP contribution in [-0.2, 0) is 7.05 Å². The molecular weight excluding hydrogens is 276 g/mol. The minimum atomic E-state index is 0.668. The van der Waals surface area contributed by atoms with Gasteiger partial charge in [0, 0.05) is 7.05 Å². The summed E-state index contributed by atoms with van der Waals surface area (Å²) in [6, 6.07) is 15.8. The maximum atomic E-state index is 5.41. The topological polar surface area (TPSA) is 51.4 Å². The van der Waals surface area contributed by atoms with E-state index in [1.165, 1.54) is 0 Å². The number of para-hydroxylation sites is 2. The molecule has 0 spiro atoms. The van der Waals surface area contributed by atoms with Crippen molar-refractivity contribution in [2.24, 2.45) is 12.1 Å². The highest BCUT2D eigenvalue weighted by molar-refractivity contribution is 5.81. The third-order valence-corrected chi connectivity index (χ3v) is 3.36. The largest absolute Gasteiger partial charge is 0.494 e. The van der Waals surface area contributed by atoms with Gasteiger partial charge in [-0.25, -0.2) is 10.4 Å². The number of ether oxygens (including phenoxy) is 1. The first-order valence-corrected chi connectivity index (χ1v) is 7.21. The van der Waals surface area contributed by atoms with Crippen molar-refractivity contribution < 1.29 is 4.74 Å². The third kappa shape index (κ3) is 2.93. The van der Waals surface area contributed by atoms with E-state index in [2.05, 4.69) is 15.5 Å². The monoisotopic (exact) mass is 294 g/mol. The lowest BCUT2D eigenvalue weighted by Crippen LogP contribution is -1.98. The van der Waals surface area contributed by atoms with Crippen molar-refractivity contribution in [3.63, 3.8) is 0 Å². The first-order valence-electron chi connectivity index (χ1n) is 7.21. The standard InChI is InChI=1S/C17H18N4O/c1-3-22-14-10-8-13(9-11-14)12-18-20-17-19-15-6-4-5-7-16(15)21(17)2/h4-12H,3H2,1-2H3,(H,19,20)/b18-12-. The second-order valence-electron chi connectivity index (χ2n) is 4.86. The zero-order valence-corrected chi connectivity index (χ0v) is 12.7. The molecule has 0 aliphatic rings. The molecule has 5 nitrogen and oxygen atoms in total. The predicted octanol–water partition coefficient (Wildman–Crippen LogP) is 3.42. The number of nitrogens with zero attached hydrogens (tertiary/aromatic N) is 3. The van der Waals surface area contributed by atoms with Crippen LogP contribution in [0.2, 0.25) is 0 Å². The van der Waals surface area contributed by atoms with Crippen molar-refractivity contribution in [3.05, 3.63) is 54.1 Å². The fraction of sp³-hybridized carbons (Fsp3) is 0.176. The number of anilines is 1. The molecule has 5 heteroatoms. The fourth-order valence-electron chi connectivity index (χ4n) is 2.23. The second kappa shape index (κ2) is 6.30. The Bertz CT molecular complexity index is 790. The van der Waals surface area contributed by atoms with Gasteiger partial charge in [-0.05, 0) is 48.9 Å². The Hall–Kier alpha value is -2.82. The van der Waals surface area contributed by atoms with Crippen LogP contribution in [0.4, 0.5) is 5.95 Å². The van der Waals surface area contributed by atoms with Crippen molar-refractivity contribution in [2.75, 3.05) is 12.0 Å². The summed E-state index contributed by atoms with van der Waals surface area (Å²) in [7, 11) is 1.96. The second-order valence-corrected chi connectivity index (χ2v) is 4.86. The van der Waals surface area contributed by atoms with Crippen LogP contribution in [0.5, 0.6) is 5.75 Å². The van der Waals surface area contributed by atoms with Gasteiger partial charge in [-0.1, -0.05) is 12.1 Å². The number of nitrogens with one attached hydrogen (secondary N) is 1. The number of fused-ring (bicyclic) bond motifs is 1. The lowest BCUT2D eigenvalue weighted by atomic mass is 10.2. The number of hydrazone groups is 1. The van der Waals surface area contributed by atoms with Crippen molar-refractivity contribution in [3.8, 4) is 5.75 Å². The molecule has 0 saturated heterocycles. The number of benzene rings is 2. The van der Waals surface area contributed by atoms with Gasteiger partial charge in [0.2, 0.25) is 5.95 Å². The zero-order chi connectivity index (χ0) is 15.4. The molecule has 1 heterocycles. The number of rotatable bonds is 5. The molecule has 0 fully saturated rings. The summed E-state index contributed by atoms with van der Waals surface area (Å²) in [5.41, 5.74) is 5.99. The van der Waals surface area contributed by atoms with Gasteiger partial charge in [0.05, 0.1) is 23.9 Å². The predicted molar refractivity (Wildman–Crippen MR) is 89.5 cm³/mol. The van der Waals surface area contributed by atoms with Gasteiger partial charge in [-0.15, -0.1) is 0 Å². The molecule has 0 amide bonds. The van der Waals surface area contributed by atoms with Crippen LogP contribution in [0, 0.1) is 0 Å². The normalized spacial score (nSPS) is 11.2. The summed E-state index contributed by atoms with van der Waals surface area (Å²) < 4.78 is 7.39. The highest BCUT2D eigenvalue weighted by Crippen LogP contribution is 2.17. The Kier molecular flexibility index (Phi) is 4.05. The molecule has 0 saturated carbocycles. The fourth-order valence-corrected chi connectivity index (χ4v) is 2.23. The van der Waals surface area contributed by atoms with Crippen LogP contribution in [0.3, 0.4) is 0 Å². The molecule has 1 aromatic heterocycles. The lowest BCUT2D eigenvalue weighted by molar-refractivity contribution is 0.340. The first kappa shape index (κ1) is 14.1. The van der Waals surface area contributed by atoms with E-state index in [0.29, 0.717) is 12.6 Å². The maximum Gasteiger partial charge on any atom is 0.224 e. The molecule has 0 unspecified atom stereocenters. The van der Waals surface area contributed by atoms with Crippen LogP contribution in [0.15, 0.2) is 53.6 Å². The lowest BCUT2D eigenvalue weighted by Gasteiger charge is -2.02. The molecule has 1 N–H and O–H groups in total. The highest BCUT2D eigenvalue weighted by Gasteiger charge is 2.05. The molecule has 0 aliphatic carbocycles. The minimum absolute atomic E-state index is 0.668. The summed E-state index contributed by atoms with van der Waals surface area (Å²) in [6.07, 6.45) is 1.76. The number of aromatic nitrogens is 2. The van der Waals surface area contributed by atoms with Crippen molar-refractivity contribution >= 4 is 23.2 Å². The average Bonchev–Trinajstić information content (AvgIpc) is 2.86. The average molecular weight is 294 g/mol. The van der Waals surface area contributed by atoms with E-state index < -0.39 is 0 Å². The quantitative estimate of drug-likeness (QED) is 0.579. The van der Waals surface area contributed by atoms with Gasteiger partial charge in [-0.3, -0.25) is 0 Å². The Labute approximate surface area is 129 Å². The summed E-state index contributed by atoms with van der Waals surface area (Å²) in [5.74, 6) is 1.58. The molecule has 3 rings (SSSR count). The highest BCUT2D eigenvalue weighted by atomic mass is 16.5. The number of hydrogen-bond acceptors (Lipinski definition) is 4. The van der Waals surface area contributed by atoms with Crippen molar-refractivity contribution in [2.45, 2.75) is 6.92 Å². The van der Waals surface area contributed by atoms with Gasteiger partial charge in [0.1, 0.15) is 5.75 Å². The van der Waals surface area contributed by atoms with E-state index in [-0.39, 0.29) is 0 Å². The van der Waals surface area contributed by atoms with Crippen LogP contribution in [-0.4, -0.2) is 22.4 Å². The molecule has 0 bridgehead atoms. The van der Waals surface area contributed by atoms with Crippen LogP contribution < -0.4 is 10.2 Å². The first-order chi connectivity index (χ1) is 10.8. The molecule has 3 aromatic rings. The van der Waals surface area contributed by atoms with E-state index in [1.807, 2.05) is 67.1 Å². The van der Waals surface area contributed by atoms with E-state index in [1.54, 1.807) is 6.21 Å². The Morgan fingerprint density at radius 3 is 2.68 bits per heavy atom. The summed E-state index contributed by atoms with van der Waals surface area (Å²) in [5, 5.41) is 4.24. The number of imidazole rings is 1. The Morgan fingerprint density at radius 2 is 1.95 bits per heavy atom. The SMILES string of the molecule is CCOc1ccc(/C=N\Nc2nc3ccccc3n2C)cc1. The molecule has 0 atom stereocenters. The molecular formula is C17H18N4O. The van der Waals surface area contributed by atoms with E-state index in [0.717, 1.165) is 22.3 Å².